The third-order valence-corrected chi connectivity index (χ3v) is 3.96. The quantitative estimate of drug-likeness (QED) is 0.693. The third-order valence-electron chi connectivity index (χ3n) is 2.39. The van der Waals surface area contributed by atoms with Crippen LogP contribution >= 0.6 is 0 Å². The minimum Gasteiger partial charge on any atom is -0.395 e. The number of rotatable bonds is 6. The number of nitrogen functional groups attached to an aromatic ring is 1. The summed E-state index contributed by atoms with van der Waals surface area (Å²) in [5, 5.41) is 9.18. The molecule has 7 heteroatoms. The van der Waals surface area contributed by atoms with Gasteiger partial charge in [-0.15, -0.1) is 0 Å². The van der Waals surface area contributed by atoms with E-state index in [-0.39, 0.29) is 23.2 Å². The Morgan fingerprint density at radius 2 is 2.17 bits per heavy atom. The Bertz CT molecular complexity index is 488. The lowest BCUT2D eigenvalue weighted by Gasteiger charge is -2.18. The Morgan fingerprint density at radius 1 is 1.50 bits per heavy atom. The summed E-state index contributed by atoms with van der Waals surface area (Å²) in [6.45, 7) is 3.66. The minimum absolute atomic E-state index is 0.0498. The first-order valence-electron chi connectivity index (χ1n) is 5.70. The Labute approximate surface area is 107 Å². The van der Waals surface area contributed by atoms with Gasteiger partial charge in [0, 0.05) is 12.2 Å². The van der Waals surface area contributed by atoms with Gasteiger partial charge in [0.15, 0.2) is 0 Å². The van der Waals surface area contributed by atoms with Crippen molar-refractivity contribution in [2.24, 2.45) is 5.92 Å². The number of hydrogen-bond acceptors (Lipinski definition) is 5. The zero-order valence-corrected chi connectivity index (χ0v) is 11.3. The van der Waals surface area contributed by atoms with Crippen molar-refractivity contribution in [2.45, 2.75) is 31.2 Å². The van der Waals surface area contributed by atoms with Crippen LogP contribution in [-0.4, -0.2) is 31.2 Å². The standard InChI is InChI=1S/C11H19N3O3S/c1-8(2)6-9(7-15)14-18(16,17)10-4-3-5-13-11(10)12/h3-5,8-9,14-15H,6-7H2,1-2H3,(H2,12,13). The highest BCUT2D eigenvalue weighted by molar-refractivity contribution is 7.89. The van der Waals surface area contributed by atoms with Crippen LogP contribution in [0.25, 0.3) is 0 Å². The molecule has 1 aromatic heterocycles. The summed E-state index contributed by atoms with van der Waals surface area (Å²) in [7, 11) is -3.75. The molecule has 102 valence electrons. The van der Waals surface area contributed by atoms with E-state index in [1.54, 1.807) is 0 Å². The molecule has 1 atom stereocenters. The summed E-state index contributed by atoms with van der Waals surface area (Å²) in [4.78, 5) is 3.67. The average molecular weight is 273 g/mol. The molecule has 1 heterocycles. The molecule has 0 fully saturated rings. The van der Waals surface area contributed by atoms with Gasteiger partial charge in [0.1, 0.15) is 10.7 Å². The highest BCUT2D eigenvalue weighted by Gasteiger charge is 2.22. The van der Waals surface area contributed by atoms with Crippen LogP contribution in [0.4, 0.5) is 5.82 Å². The third kappa shape index (κ3) is 3.94. The molecule has 18 heavy (non-hydrogen) atoms. The predicted molar refractivity (Wildman–Crippen MR) is 69.3 cm³/mol. The molecule has 0 aromatic carbocycles. The van der Waals surface area contributed by atoms with Crippen LogP contribution in [-0.2, 0) is 10.0 Å². The largest absolute Gasteiger partial charge is 0.395 e. The number of aromatic nitrogens is 1. The molecule has 4 N–H and O–H groups in total. The zero-order valence-electron chi connectivity index (χ0n) is 10.5. The van der Waals surface area contributed by atoms with Crippen LogP contribution in [0.1, 0.15) is 20.3 Å². The van der Waals surface area contributed by atoms with E-state index >= 15 is 0 Å². The molecule has 0 aliphatic carbocycles. The Balaban J connectivity index is 2.91. The van der Waals surface area contributed by atoms with Crippen molar-refractivity contribution >= 4 is 15.8 Å². The molecular formula is C11H19N3O3S. The lowest BCUT2D eigenvalue weighted by Crippen LogP contribution is -2.38. The van der Waals surface area contributed by atoms with Gasteiger partial charge in [-0.05, 0) is 24.5 Å². The van der Waals surface area contributed by atoms with E-state index in [9.17, 15) is 13.5 Å². The predicted octanol–water partition coefficient (Wildman–Crippen LogP) is 0.349. The van der Waals surface area contributed by atoms with Crippen molar-refractivity contribution in [3.8, 4) is 0 Å². The molecule has 0 aliphatic heterocycles. The smallest absolute Gasteiger partial charge is 0.244 e. The number of hydrogen-bond donors (Lipinski definition) is 3. The number of aliphatic hydroxyl groups excluding tert-OH is 1. The Kier molecular flexibility index (Phi) is 5.06. The molecule has 1 rings (SSSR count). The van der Waals surface area contributed by atoms with Crippen LogP contribution in [0, 0.1) is 5.92 Å². The van der Waals surface area contributed by atoms with Crippen LogP contribution in [0.3, 0.4) is 0 Å². The van der Waals surface area contributed by atoms with Crippen molar-refractivity contribution < 1.29 is 13.5 Å². The van der Waals surface area contributed by atoms with E-state index in [0.29, 0.717) is 6.42 Å². The van der Waals surface area contributed by atoms with Gasteiger partial charge in [-0.3, -0.25) is 0 Å². The second-order valence-electron chi connectivity index (χ2n) is 4.52. The molecule has 0 saturated heterocycles. The number of anilines is 1. The second-order valence-corrected chi connectivity index (χ2v) is 6.20. The number of nitrogens with two attached hydrogens (primary N) is 1. The summed E-state index contributed by atoms with van der Waals surface area (Å²) < 4.78 is 26.6. The van der Waals surface area contributed by atoms with Crippen LogP contribution in [0.2, 0.25) is 0 Å². The van der Waals surface area contributed by atoms with Crippen molar-refractivity contribution in [1.82, 2.24) is 9.71 Å². The van der Waals surface area contributed by atoms with Crippen molar-refractivity contribution in [3.05, 3.63) is 18.3 Å². The summed E-state index contributed by atoms with van der Waals surface area (Å²) in [6.07, 6.45) is 1.97. The van der Waals surface area contributed by atoms with Gasteiger partial charge in [0.2, 0.25) is 10.0 Å². The van der Waals surface area contributed by atoms with Crippen molar-refractivity contribution in [3.63, 3.8) is 0 Å². The fourth-order valence-corrected chi connectivity index (χ4v) is 2.96. The number of aliphatic hydroxyl groups is 1. The molecule has 1 unspecified atom stereocenters. The van der Waals surface area contributed by atoms with Gasteiger partial charge >= 0.3 is 0 Å². The first-order chi connectivity index (χ1) is 8.36. The van der Waals surface area contributed by atoms with E-state index in [2.05, 4.69) is 9.71 Å². The molecule has 0 spiro atoms. The molecular weight excluding hydrogens is 254 g/mol. The topological polar surface area (TPSA) is 105 Å². The maximum absolute atomic E-state index is 12.1. The molecule has 0 aliphatic rings. The van der Waals surface area contributed by atoms with E-state index < -0.39 is 16.1 Å². The van der Waals surface area contributed by atoms with Gasteiger partial charge in [-0.2, -0.15) is 0 Å². The maximum Gasteiger partial charge on any atom is 0.244 e. The van der Waals surface area contributed by atoms with Gasteiger partial charge in [0.25, 0.3) is 0 Å². The van der Waals surface area contributed by atoms with Crippen LogP contribution in [0.15, 0.2) is 23.2 Å². The van der Waals surface area contributed by atoms with Crippen molar-refractivity contribution in [1.29, 1.82) is 0 Å². The maximum atomic E-state index is 12.1. The van der Waals surface area contributed by atoms with E-state index in [0.717, 1.165) is 0 Å². The highest BCUT2D eigenvalue weighted by Crippen LogP contribution is 2.16. The lowest BCUT2D eigenvalue weighted by atomic mass is 10.1. The number of nitrogens with one attached hydrogen (secondary N) is 1. The Hall–Kier alpha value is -1.18. The van der Waals surface area contributed by atoms with Gasteiger partial charge in [0.05, 0.1) is 6.61 Å². The van der Waals surface area contributed by atoms with Gasteiger partial charge < -0.3 is 10.8 Å². The van der Waals surface area contributed by atoms with E-state index in [1.807, 2.05) is 13.8 Å². The number of sulfonamides is 1. The highest BCUT2D eigenvalue weighted by atomic mass is 32.2. The first kappa shape index (κ1) is 14.9. The summed E-state index contributed by atoms with van der Waals surface area (Å²) >= 11 is 0. The fraction of sp³-hybridized carbons (Fsp3) is 0.545. The van der Waals surface area contributed by atoms with Gasteiger partial charge in [-0.1, -0.05) is 13.8 Å². The molecule has 0 saturated carbocycles. The monoisotopic (exact) mass is 273 g/mol. The minimum atomic E-state index is -3.75. The van der Waals surface area contributed by atoms with Crippen molar-refractivity contribution in [2.75, 3.05) is 12.3 Å². The number of nitrogens with zero attached hydrogens (tertiary/aromatic N) is 1. The SMILES string of the molecule is CC(C)CC(CO)NS(=O)(=O)c1cccnc1N. The summed E-state index contributed by atoms with van der Waals surface area (Å²) in [6, 6.07) is 2.37. The van der Waals surface area contributed by atoms with Crippen LogP contribution in [0.5, 0.6) is 0 Å². The molecule has 1 aromatic rings. The number of pyridine rings is 1. The zero-order chi connectivity index (χ0) is 13.8. The first-order valence-corrected chi connectivity index (χ1v) is 7.18. The Morgan fingerprint density at radius 3 is 2.67 bits per heavy atom. The van der Waals surface area contributed by atoms with E-state index in [1.165, 1.54) is 18.3 Å². The van der Waals surface area contributed by atoms with Crippen LogP contribution < -0.4 is 10.5 Å². The lowest BCUT2D eigenvalue weighted by molar-refractivity contribution is 0.240. The molecule has 0 amide bonds. The second kappa shape index (κ2) is 6.12. The average Bonchev–Trinajstić information content (AvgIpc) is 2.27. The summed E-state index contributed by atoms with van der Waals surface area (Å²) in [5.41, 5.74) is 5.53. The van der Waals surface area contributed by atoms with E-state index in [4.69, 9.17) is 5.73 Å². The molecule has 0 bridgehead atoms. The summed E-state index contributed by atoms with van der Waals surface area (Å²) in [5.74, 6) is 0.224. The normalized spacial score (nSPS) is 13.8. The molecule has 6 nitrogen and oxygen atoms in total. The van der Waals surface area contributed by atoms with Gasteiger partial charge in [-0.25, -0.2) is 18.1 Å². The molecule has 0 radical (unpaired) electrons. The fourth-order valence-electron chi connectivity index (χ4n) is 1.64.